The van der Waals surface area contributed by atoms with Gasteiger partial charge in [-0.3, -0.25) is 10.1 Å². The van der Waals surface area contributed by atoms with Crippen molar-refractivity contribution in [3.8, 4) is 22.9 Å². The van der Waals surface area contributed by atoms with Gasteiger partial charge in [0.2, 0.25) is 5.16 Å². The van der Waals surface area contributed by atoms with Gasteiger partial charge in [0, 0.05) is 23.4 Å². The molecule has 3 rings (SSSR count). The molecule has 0 fully saturated rings. The average Bonchev–Trinajstić information content (AvgIpc) is 3.07. The highest BCUT2D eigenvalue weighted by atomic mass is 32.2. The maximum atomic E-state index is 11.0. The van der Waals surface area contributed by atoms with Gasteiger partial charge in [0.1, 0.15) is 11.5 Å². The average molecular weight is 401 g/mol. The predicted molar refractivity (Wildman–Crippen MR) is 106 cm³/mol. The zero-order valence-electron chi connectivity index (χ0n) is 15.5. The van der Waals surface area contributed by atoms with Gasteiger partial charge in [0.05, 0.1) is 24.7 Å². The van der Waals surface area contributed by atoms with Crippen molar-refractivity contribution in [1.82, 2.24) is 14.9 Å². The summed E-state index contributed by atoms with van der Waals surface area (Å²) in [6, 6.07) is 11.8. The molecule has 0 aliphatic heterocycles. The number of hydrogen-bond donors (Lipinski definition) is 1. The van der Waals surface area contributed by atoms with Crippen molar-refractivity contribution in [2.45, 2.75) is 17.3 Å². The van der Waals surface area contributed by atoms with E-state index in [0.717, 1.165) is 5.56 Å². The normalized spacial score (nSPS) is 11.8. The van der Waals surface area contributed by atoms with Crippen LogP contribution in [0.25, 0.3) is 11.4 Å². The number of nitrogen functional groups attached to an aromatic ring is 1. The number of nitro groups is 1. The zero-order valence-corrected chi connectivity index (χ0v) is 16.3. The number of hydrogen-bond acceptors (Lipinski definition) is 8. The van der Waals surface area contributed by atoms with Crippen LogP contribution < -0.4 is 15.3 Å². The number of rotatable bonds is 7. The second-order valence-corrected chi connectivity index (χ2v) is 7.16. The zero-order chi connectivity index (χ0) is 20.3. The number of aromatic nitrogens is 3. The fraction of sp³-hybridized carbons (Fsp3) is 0.222. The minimum Gasteiger partial charge on any atom is -0.497 e. The largest absolute Gasteiger partial charge is 0.497 e. The number of nitrogens with zero attached hydrogens (tertiary/aromatic N) is 4. The molecule has 10 heteroatoms. The monoisotopic (exact) mass is 401 g/mol. The lowest BCUT2D eigenvalue weighted by Gasteiger charge is -2.12. The number of nitro benzene ring substituents is 1. The Morgan fingerprint density at radius 2 is 1.96 bits per heavy atom. The molecule has 0 aliphatic rings. The molecule has 9 nitrogen and oxygen atoms in total. The number of non-ortho nitro benzene ring substituents is 1. The third-order valence-corrected chi connectivity index (χ3v) is 5.26. The second-order valence-electron chi connectivity index (χ2n) is 5.85. The third-order valence-electron chi connectivity index (χ3n) is 4.15. The molecular weight excluding hydrogens is 382 g/mol. The Morgan fingerprint density at radius 1 is 1.18 bits per heavy atom. The van der Waals surface area contributed by atoms with Gasteiger partial charge in [-0.15, -0.1) is 10.2 Å². The van der Waals surface area contributed by atoms with Crippen molar-refractivity contribution in [1.29, 1.82) is 0 Å². The SMILES string of the molecule is COc1ccc(-c2nnc(SC(C)c3cccc([N+](=O)[O-])c3)n2N)c(OC)c1. The van der Waals surface area contributed by atoms with E-state index in [2.05, 4.69) is 10.2 Å². The van der Waals surface area contributed by atoms with Crippen molar-refractivity contribution < 1.29 is 14.4 Å². The van der Waals surface area contributed by atoms with Gasteiger partial charge in [0.15, 0.2) is 5.82 Å². The van der Waals surface area contributed by atoms with Gasteiger partial charge < -0.3 is 15.3 Å². The van der Waals surface area contributed by atoms with Crippen molar-refractivity contribution in [2.75, 3.05) is 20.1 Å². The highest BCUT2D eigenvalue weighted by Crippen LogP contribution is 2.37. The van der Waals surface area contributed by atoms with E-state index in [1.807, 2.05) is 13.0 Å². The highest BCUT2D eigenvalue weighted by Gasteiger charge is 2.20. The van der Waals surface area contributed by atoms with E-state index >= 15 is 0 Å². The molecule has 0 radical (unpaired) electrons. The minimum absolute atomic E-state index is 0.0443. The molecule has 0 spiro atoms. The van der Waals surface area contributed by atoms with Crippen LogP contribution >= 0.6 is 11.8 Å². The molecule has 28 heavy (non-hydrogen) atoms. The summed E-state index contributed by atoms with van der Waals surface area (Å²) >= 11 is 1.36. The van der Waals surface area contributed by atoms with E-state index in [0.29, 0.717) is 28.0 Å². The number of nitrogens with two attached hydrogens (primary N) is 1. The summed E-state index contributed by atoms with van der Waals surface area (Å²) in [5.74, 6) is 7.86. The van der Waals surface area contributed by atoms with Crippen molar-refractivity contribution in [3.05, 3.63) is 58.1 Å². The first-order valence-electron chi connectivity index (χ1n) is 8.28. The van der Waals surface area contributed by atoms with E-state index in [4.69, 9.17) is 15.3 Å². The fourth-order valence-electron chi connectivity index (χ4n) is 2.64. The summed E-state index contributed by atoms with van der Waals surface area (Å²) in [6.45, 7) is 1.92. The summed E-state index contributed by atoms with van der Waals surface area (Å²) in [4.78, 5) is 10.6. The summed E-state index contributed by atoms with van der Waals surface area (Å²) in [5.41, 5.74) is 1.52. The Balaban J connectivity index is 1.88. The van der Waals surface area contributed by atoms with Crippen LogP contribution in [0.3, 0.4) is 0 Å². The Morgan fingerprint density at radius 3 is 2.64 bits per heavy atom. The molecule has 0 amide bonds. The van der Waals surface area contributed by atoms with E-state index < -0.39 is 4.92 Å². The molecular formula is C18H19N5O4S. The summed E-state index contributed by atoms with van der Waals surface area (Å²) < 4.78 is 12.0. The topological polar surface area (TPSA) is 118 Å². The minimum atomic E-state index is -0.416. The predicted octanol–water partition coefficient (Wildman–Crippen LogP) is 3.44. The summed E-state index contributed by atoms with van der Waals surface area (Å²) in [7, 11) is 3.12. The molecule has 3 aromatic rings. The molecule has 0 saturated carbocycles. The van der Waals surface area contributed by atoms with Gasteiger partial charge in [0.25, 0.3) is 5.69 Å². The first-order valence-corrected chi connectivity index (χ1v) is 9.16. The van der Waals surface area contributed by atoms with E-state index in [1.165, 1.54) is 22.5 Å². The van der Waals surface area contributed by atoms with Gasteiger partial charge in [-0.05, 0) is 24.6 Å². The standard InChI is InChI=1S/C18H19N5O4S/c1-11(12-5-4-6-13(9-12)23(24)25)28-18-21-20-17(22(18)19)15-8-7-14(26-2)10-16(15)27-3/h4-11H,19H2,1-3H3. The fourth-order valence-corrected chi connectivity index (χ4v) is 3.53. The first kappa shape index (κ1) is 19.5. The molecule has 1 atom stereocenters. The lowest BCUT2D eigenvalue weighted by atomic mass is 10.1. The smallest absolute Gasteiger partial charge is 0.269 e. The van der Waals surface area contributed by atoms with Crippen LogP contribution in [0.5, 0.6) is 11.5 Å². The quantitative estimate of drug-likeness (QED) is 0.277. The Bertz CT molecular complexity index is 1010. The van der Waals surface area contributed by atoms with Crippen LogP contribution in [0.4, 0.5) is 5.69 Å². The third kappa shape index (κ3) is 3.86. The van der Waals surface area contributed by atoms with Crippen molar-refractivity contribution in [3.63, 3.8) is 0 Å². The van der Waals surface area contributed by atoms with Gasteiger partial charge >= 0.3 is 0 Å². The maximum absolute atomic E-state index is 11.0. The lowest BCUT2D eigenvalue weighted by Crippen LogP contribution is -2.12. The molecule has 146 valence electrons. The summed E-state index contributed by atoms with van der Waals surface area (Å²) in [5, 5.41) is 19.7. The van der Waals surface area contributed by atoms with Crippen LogP contribution in [0, 0.1) is 10.1 Å². The van der Waals surface area contributed by atoms with Crippen molar-refractivity contribution >= 4 is 17.4 Å². The Labute approximate surface area is 165 Å². The summed E-state index contributed by atoms with van der Waals surface area (Å²) in [6.07, 6.45) is 0. The molecule has 0 aliphatic carbocycles. The number of thioether (sulfide) groups is 1. The molecule has 2 aromatic carbocycles. The molecule has 1 aromatic heterocycles. The highest BCUT2D eigenvalue weighted by molar-refractivity contribution is 7.99. The van der Waals surface area contributed by atoms with E-state index in [-0.39, 0.29) is 10.9 Å². The second kappa shape index (κ2) is 8.17. The van der Waals surface area contributed by atoms with Crippen LogP contribution in [-0.2, 0) is 0 Å². The van der Waals surface area contributed by atoms with Gasteiger partial charge in [-0.1, -0.05) is 23.9 Å². The van der Waals surface area contributed by atoms with Crippen LogP contribution in [0.1, 0.15) is 17.7 Å². The van der Waals surface area contributed by atoms with E-state index in [1.54, 1.807) is 44.6 Å². The van der Waals surface area contributed by atoms with Crippen molar-refractivity contribution in [2.24, 2.45) is 0 Å². The van der Waals surface area contributed by atoms with Crippen LogP contribution in [0.15, 0.2) is 47.6 Å². The molecule has 1 unspecified atom stereocenters. The Kier molecular flexibility index (Phi) is 5.69. The molecule has 0 saturated heterocycles. The van der Waals surface area contributed by atoms with Crippen LogP contribution in [0.2, 0.25) is 0 Å². The maximum Gasteiger partial charge on any atom is 0.269 e. The number of ether oxygens (including phenoxy) is 2. The lowest BCUT2D eigenvalue weighted by molar-refractivity contribution is -0.384. The van der Waals surface area contributed by atoms with Gasteiger partial charge in [-0.25, -0.2) is 4.68 Å². The number of benzene rings is 2. The molecule has 0 bridgehead atoms. The molecule has 1 heterocycles. The first-order chi connectivity index (χ1) is 13.4. The Hall–Kier alpha value is -3.27. The van der Waals surface area contributed by atoms with E-state index in [9.17, 15) is 10.1 Å². The van der Waals surface area contributed by atoms with Gasteiger partial charge in [-0.2, -0.15) is 0 Å². The molecule has 2 N–H and O–H groups in total. The number of methoxy groups -OCH3 is 2. The van der Waals surface area contributed by atoms with Crippen LogP contribution in [-0.4, -0.2) is 34.0 Å².